The first-order valence-corrected chi connectivity index (χ1v) is 8.20. The predicted octanol–water partition coefficient (Wildman–Crippen LogP) is 2.19. The molecule has 0 unspecified atom stereocenters. The van der Waals surface area contributed by atoms with Crippen molar-refractivity contribution in [3.8, 4) is 0 Å². The smallest absolute Gasteiger partial charge is 0.419 e. The molecule has 0 N–H and O–H groups in total. The van der Waals surface area contributed by atoms with Gasteiger partial charge in [0.15, 0.2) is 11.2 Å². The Morgan fingerprint density at radius 1 is 1.27 bits per heavy atom. The molecule has 3 aromatic heterocycles. The van der Waals surface area contributed by atoms with Crippen molar-refractivity contribution >= 4 is 22.7 Å². The molecule has 0 aliphatic carbocycles. The number of hydrogen-bond acceptors (Lipinski definition) is 6. The first-order chi connectivity index (χ1) is 12.6. The van der Waals surface area contributed by atoms with Crippen LogP contribution in [0.4, 0.5) is 0 Å². The fraction of sp³-hybridized carbons (Fsp3) is 0.222. The summed E-state index contributed by atoms with van der Waals surface area (Å²) in [5, 5.41) is 4.24. The molecule has 0 radical (unpaired) electrons. The minimum Gasteiger partial charge on any atom is -0.462 e. The minimum atomic E-state index is -0.472. The minimum absolute atomic E-state index is 0.175. The predicted molar refractivity (Wildman–Crippen MR) is 93.1 cm³/mol. The van der Waals surface area contributed by atoms with E-state index in [0.29, 0.717) is 35.5 Å². The van der Waals surface area contributed by atoms with Gasteiger partial charge in [-0.2, -0.15) is 5.10 Å². The standard InChI is InChI=1S/C18H16N4O4/c1-12-15(16-19-8-4-10-22(16)20-12)17(23)25-11-5-9-21-13-6-2-3-7-14(13)26-18(21)24/h2-4,6-8,10H,5,9,11H2,1H3. The maximum Gasteiger partial charge on any atom is 0.419 e. The van der Waals surface area contributed by atoms with Crippen LogP contribution in [-0.4, -0.2) is 31.7 Å². The summed E-state index contributed by atoms with van der Waals surface area (Å²) in [6.07, 6.45) is 3.81. The number of oxazole rings is 1. The van der Waals surface area contributed by atoms with Crippen LogP contribution in [0.3, 0.4) is 0 Å². The van der Waals surface area contributed by atoms with E-state index >= 15 is 0 Å². The Morgan fingerprint density at radius 2 is 2.12 bits per heavy atom. The summed E-state index contributed by atoms with van der Waals surface area (Å²) in [4.78, 5) is 28.5. The summed E-state index contributed by atoms with van der Waals surface area (Å²) in [7, 11) is 0. The zero-order valence-electron chi connectivity index (χ0n) is 14.1. The van der Waals surface area contributed by atoms with Crippen LogP contribution in [0.15, 0.2) is 51.9 Å². The van der Waals surface area contributed by atoms with Crippen molar-refractivity contribution in [3.63, 3.8) is 0 Å². The molecule has 4 rings (SSSR count). The molecule has 0 amide bonds. The van der Waals surface area contributed by atoms with E-state index in [1.807, 2.05) is 18.2 Å². The molecule has 0 saturated heterocycles. The van der Waals surface area contributed by atoms with E-state index in [1.54, 1.807) is 36.0 Å². The summed E-state index contributed by atoms with van der Waals surface area (Å²) >= 11 is 0. The molecular weight excluding hydrogens is 336 g/mol. The third-order valence-corrected chi connectivity index (χ3v) is 4.11. The second kappa shape index (κ2) is 6.47. The number of rotatable bonds is 5. The van der Waals surface area contributed by atoms with Crippen LogP contribution < -0.4 is 5.76 Å². The van der Waals surface area contributed by atoms with Crippen LogP contribution >= 0.6 is 0 Å². The first kappa shape index (κ1) is 16.1. The van der Waals surface area contributed by atoms with Gasteiger partial charge in [0.1, 0.15) is 5.56 Å². The van der Waals surface area contributed by atoms with Crippen LogP contribution in [0, 0.1) is 6.92 Å². The van der Waals surface area contributed by atoms with Crippen LogP contribution in [0.5, 0.6) is 0 Å². The molecule has 0 atom stereocenters. The molecule has 26 heavy (non-hydrogen) atoms. The van der Waals surface area contributed by atoms with E-state index in [4.69, 9.17) is 9.15 Å². The Hall–Kier alpha value is -3.42. The molecule has 0 fully saturated rings. The second-order valence-corrected chi connectivity index (χ2v) is 5.83. The Labute approximate surface area is 147 Å². The molecule has 0 spiro atoms. The van der Waals surface area contributed by atoms with Crippen molar-refractivity contribution in [2.45, 2.75) is 19.9 Å². The van der Waals surface area contributed by atoms with Gasteiger partial charge in [0.25, 0.3) is 0 Å². The zero-order valence-corrected chi connectivity index (χ0v) is 14.1. The SMILES string of the molecule is Cc1nn2cccnc2c1C(=O)OCCCn1c(=O)oc2ccccc21. The van der Waals surface area contributed by atoms with Gasteiger partial charge in [0, 0.05) is 18.9 Å². The normalized spacial score (nSPS) is 11.3. The third-order valence-electron chi connectivity index (χ3n) is 4.11. The van der Waals surface area contributed by atoms with Crippen molar-refractivity contribution in [1.82, 2.24) is 19.2 Å². The van der Waals surface area contributed by atoms with Crippen LogP contribution in [0.25, 0.3) is 16.7 Å². The average Bonchev–Trinajstić information content (AvgIpc) is 3.14. The highest BCUT2D eigenvalue weighted by atomic mass is 16.5. The summed E-state index contributed by atoms with van der Waals surface area (Å²) in [5.41, 5.74) is 2.66. The lowest BCUT2D eigenvalue weighted by Crippen LogP contribution is -2.16. The number of hydrogen-bond donors (Lipinski definition) is 0. The fourth-order valence-electron chi connectivity index (χ4n) is 2.92. The van der Waals surface area contributed by atoms with Crippen molar-refractivity contribution in [3.05, 3.63) is 64.5 Å². The quantitative estimate of drug-likeness (QED) is 0.404. The van der Waals surface area contributed by atoms with Gasteiger partial charge >= 0.3 is 11.7 Å². The molecule has 4 aromatic rings. The monoisotopic (exact) mass is 352 g/mol. The van der Waals surface area contributed by atoms with Gasteiger partial charge in [0.05, 0.1) is 17.8 Å². The largest absolute Gasteiger partial charge is 0.462 e. The van der Waals surface area contributed by atoms with E-state index in [0.717, 1.165) is 5.52 Å². The van der Waals surface area contributed by atoms with Crippen LogP contribution in [-0.2, 0) is 11.3 Å². The molecule has 8 nitrogen and oxygen atoms in total. The number of benzene rings is 1. The lowest BCUT2D eigenvalue weighted by atomic mass is 10.2. The van der Waals surface area contributed by atoms with Crippen LogP contribution in [0.1, 0.15) is 22.5 Å². The Morgan fingerprint density at radius 3 is 3.00 bits per heavy atom. The highest BCUT2D eigenvalue weighted by Crippen LogP contribution is 2.15. The number of carbonyl (C=O) groups excluding carboxylic acids is 1. The van der Waals surface area contributed by atoms with Gasteiger partial charge in [-0.1, -0.05) is 12.1 Å². The van der Waals surface area contributed by atoms with Gasteiger partial charge < -0.3 is 9.15 Å². The van der Waals surface area contributed by atoms with Gasteiger partial charge in [-0.3, -0.25) is 4.57 Å². The van der Waals surface area contributed by atoms with E-state index in [-0.39, 0.29) is 6.61 Å². The molecule has 0 aliphatic heterocycles. The summed E-state index contributed by atoms with van der Waals surface area (Å²) in [6.45, 7) is 2.31. The molecule has 8 heteroatoms. The fourth-order valence-corrected chi connectivity index (χ4v) is 2.92. The molecule has 0 bridgehead atoms. The van der Waals surface area contributed by atoms with E-state index in [2.05, 4.69) is 10.1 Å². The number of carbonyl (C=O) groups is 1. The first-order valence-electron chi connectivity index (χ1n) is 8.20. The Bertz CT molecular complexity index is 1150. The van der Waals surface area contributed by atoms with Gasteiger partial charge in [-0.15, -0.1) is 0 Å². The van der Waals surface area contributed by atoms with E-state index < -0.39 is 11.7 Å². The third kappa shape index (κ3) is 2.75. The van der Waals surface area contributed by atoms with E-state index in [9.17, 15) is 9.59 Å². The van der Waals surface area contributed by atoms with Gasteiger partial charge in [0.2, 0.25) is 0 Å². The summed E-state index contributed by atoms with van der Waals surface area (Å²) in [5.74, 6) is -0.888. The topological polar surface area (TPSA) is 91.6 Å². The lowest BCUT2D eigenvalue weighted by molar-refractivity contribution is 0.0497. The number of aryl methyl sites for hydroxylation is 2. The van der Waals surface area contributed by atoms with Gasteiger partial charge in [-0.05, 0) is 31.5 Å². The van der Waals surface area contributed by atoms with Crippen molar-refractivity contribution < 1.29 is 13.9 Å². The number of aromatic nitrogens is 4. The number of nitrogens with zero attached hydrogens (tertiary/aromatic N) is 4. The van der Waals surface area contributed by atoms with Gasteiger partial charge in [-0.25, -0.2) is 19.1 Å². The second-order valence-electron chi connectivity index (χ2n) is 5.83. The highest BCUT2D eigenvalue weighted by molar-refractivity contribution is 5.97. The van der Waals surface area contributed by atoms with E-state index in [1.165, 1.54) is 4.57 Å². The Balaban J connectivity index is 1.43. The number of esters is 1. The Kier molecular flexibility index (Phi) is 4.00. The van der Waals surface area contributed by atoms with Crippen LogP contribution in [0.2, 0.25) is 0 Å². The van der Waals surface area contributed by atoms with Crippen molar-refractivity contribution in [2.24, 2.45) is 0 Å². The number of fused-ring (bicyclic) bond motifs is 2. The molecule has 0 saturated carbocycles. The molecule has 3 heterocycles. The highest BCUT2D eigenvalue weighted by Gasteiger charge is 2.19. The summed E-state index contributed by atoms with van der Waals surface area (Å²) in [6, 6.07) is 8.95. The maximum atomic E-state index is 12.4. The zero-order chi connectivity index (χ0) is 18.1. The molecule has 0 aliphatic rings. The molecule has 1 aromatic carbocycles. The lowest BCUT2D eigenvalue weighted by Gasteiger charge is -2.05. The number of ether oxygens (including phenoxy) is 1. The van der Waals surface area contributed by atoms with Crippen molar-refractivity contribution in [2.75, 3.05) is 6.61 Å². The average molecular weight is 352 g/mol. The maximum absolute atomic E-state index is 12.4. The van der Waals surface area contributed by atoms with Crippen molar-refractivity contribution in [1.29, 1.82) is 0 Å². The number of para-hydroxylation sites is 2. The molecule has 132 valence electrons. The molecular formula is C18H16N4O4. The summed E-state index contributed by atoms with van der Waals surface area (Å²) < 4.78 is 13.6.